The maximum Gasteiger partial charge on any atom is 0.0207 e. The van der Waals surface area contributed by atoms with E-state index >= 15 is 0 Å². The van der Waals surface area contributed by atoms with Crippen molar-refractivity contribution in [1.29, 1.82) is 0 Å². The van der Waals surface area contributed by atoms with Crippen molar-refractivity contribution in [2.45, 2.75) is 50.5 Å². The number of halogens is 1. The Morgan fingerprint density at radius 2 is 1.81 bits per heavy atom. The summed E-state index contributed by atoms with van der Waals surface area (Å²) < 4.78 is 1.22. The molecule has 2 heteroatoms. The maximum absolute atomic E-state index is 6.44. The van der Waals surface area contributed by atoms with Gasteiger partial charge in [-0.3, -0.25) is 0 Å². The lowest BCUT2D eigenvalue weighted by Gasteiger charge is -2.33. The van der Waals surface area contributed by atoms with Gasteiger partial charge in [0.25, 0.3) is 0 Å². The summed E-state index contributed by atoms with van der Waals surface area (Å²) in [6, 6.07) is 8.46. The SMILES string of the molecule is NC1(CCc2ccccc2Br)CCCCC1. The topological polar surface area (TPSA) is 26.0 Å². The normalized spacial score (nSPS) is 19.6. The summed E-state index contributed by atoms with van der Waals surface area (Å²) in [5.74, 6) is 0. The van der Waals surface area contributed by atoms with Gasteiger partial charge in [0, 0.05) is 10.0 Å². The zero-order valence-electron chi connectivity index (χ0n) is 9.71. The number of rotatable bonds is 3. The maximum atomic E-state index is 6.44. The van der Waals surface area contributed by atoms with Gasteiger partial charge < -0.3 is 5.73 Å². The van der Waals surface area contributed by atoms with E-state index < -0.39 is 0 Å². The Bertz CT molecular complexity index is 342. The largest absolute Gasteiger partial charge is 0.325 e. The second-order valence-corrected chi connectivity index (χ2v) is 5.87. The molecular weight excluding hydrogens is 262 g/mol. The van der Waals surface area contributed by atoms with E-state index in [0.717, 1.165) is 12.8 Å². The molecular formula is C14H20BrN. The predicted molar refractivity (Wildman–Crippen MR) is 72.5 cm³/mol. The van der Waals surface area contributed by atoms with E-state index in [1.165, 1.54) is 42.1 Å². The molecule has 2 N–H and O–H groups in total. The Balaban J connectivity index is 1.94. The molecule has 0 bridgehead atoms. The van der Waals surface area contributed by atoms with E-state index in [1.54, 1.807) is 0 Å². The van der Waals surface area contributed by atoms with Gasteiger partial charge in [0.1, 0.15) is 0 Å². The molecule has 0 aliphatic heterocycles. The van der Waals surface area contributed by atoms with Crippen LogP contribution in [0.25, 0.3) is 0 Å². The lowest BCUT2D eigenvalue weighted by molar-refractivity contribution is 0.278. The number of hydrogen-bond acceptors (Lipinski definition) is 1. The Morgan fingerprint density at radius 1 is 1.12 bits per heavy atom. The summed E-state index contributed by atoms with van der Waals surface area (Å²) in [6.45, 7) is 0. The molecule has 1 fully saturated rings. The molecule has 1 nitrogen and oxygen atoms in total. The van der Waals surface area contributed by atoms with Crippen molar-refractivity contribution in [2.24, 2.45) is 5.73 Å². The first kappa shape index (κ1) is 12.1. The number of aryl methyl sites for hydroxylation is 1. The Hall–Kier alpha value is -0.340. The standard InChI is InChI=1S/C14H20BrN/c15-13-7-3-2-6-12(13)8-11-14(16)9-4-1-5-10-14/h2-3,6-7H,1,4-5,8-11,16H2. The molecule has 0 atom stereocenters. The lowest BCUT2D eigenvalue weighted by atomic mass is 9.79. The van der Waals surface area contributed by atoms with Crippen LogP contribution in [0, 0.1) is 0 Å². The van der Waals surface area contributed by atoms with Crippen LogP contribution in [-0.2, 0) is 6.42 Å². The summed E-state index contributed by atoms with van der Waals surface area (Å²) in [6.07, 6.45) is 8.62. The fourth-order valence-corrected chi connectivity index (χ4v) is 3.07. The van der Waals surface area contributed by atoms with Gasteiger partial charge in [-0.1, -0.05) is 53.4 Å². The first-order valence-corrected chi connectivity index (χ1v) is 7.01. The molecule has 0 saturated heterocycles. The summed E-state index contributed by atoms with van der Waals surface area (Å²) in [5, 5.41) is 0. The molecule has 0 unspecified atom stereocenters. The van der Waals surface area contributed by atoms with E-state index in [0.29, 0.717) is 0 Å². The number of benzene rings is 1. The molecule has 1 aliphatic carbocycles. The van der Waals surface area contributed by atoms with Crippen molar-refractivity contribution in [3.63, 3.8) is 0 Å². The smallest absolute Gasteiger partial charge is 0.0207 e. The van der Waals surface area contributed by atoms with Crippen molar-refractivity contribution < 1.29 is 0 Å². The van der Waals surface area contributed by atoms with E-state index in [2.05, 4.69) is 40.2 Å². The fourth-order valence-electron chi connectivity index (χ4n) is 2.59. The summed E-state index contributed by atoms with van der Waals surface area (Å²) >= 11 is 3.60. The third-order valence-corrected chi connectivity index (χ3v) is 4.47. The third kappa shape index (κ3) is 3.08. The predicted octanol–water partition coefficient (Wildman–Crippen LogP) is 4.04. The van der Waals surface area contributed by atoms with Crippen LogP contribution in [0.3, 0.4) is 0 Å². The second-order valence-electron chi connectivity index (χ2n) is 5.01. The van der Waals surface area contributed by atoms with Gasteiger partial charge in [-0.25, -0.2) is 0 Å². The minimum absolute atomic E-state index is 0.105. The molecule has 1 aromatic carbocycles. The van der Waals surface area contributed by atoms with Crippen LogP contribution in [0.15, 0.2) is 28.7 Å². The lowest BCUT2D eigenvalue weighted by Crippen LogP contribution is -2.42. The van der Waals surface area contributed by atoms with Crippen molar-refractivity contribution in [2.75, 3.05) is 0 Å². The summed E-state index contributed by atoms with van der Waals surface area (Å²) in [7, 11) is 0. The minimum Gasteiger partial charge on any atom is -0.325 e. The molecule has 2 rings (SSSR count). The second kappa shape index (κ2) is 5.33. The third-order valence-electron chi connectivity index (χ3n) is 3.70. The monoisotopic (exact) mass is 281 g/mol. The molecule has 88 valence electrons. The molecule has 1 aliphatic rings. The molecule has 0 aromatic heterocycles. The highest BCUT2D eigenvalue weighted by Gasteiger charge is 2.26. The molecule has 1 aromatic rings. The van der Waals surface area contributed by atoms with Crippen LogP contribution < -0.4 is 5.73 Å². The van der Waals surface area contributed by atoms with Crippen LogP contribution in [0.1, 0.15) is 44.1 Å². The van der Waals surface area contributed by atoms with Crippen molar-refractivity contribution in [3.05, 3.63) is 34.3 Å². The molecule has 0 spiro atoms. The van der Waals surface area contributed by atoms with Crippen LogP contribution in [-0.4, -0.2) is 5.54 Å². The Labute approximate surface area is 107 Å². The Kier molecular flexibility index (Phi) is 4.04. The molecule has 0 amide bonds. The van der Waals surface area contributed by atoms with Crippen LogP contribution in [0.5, 0.6) is 0 Å². The highest BCUT2D eigenvalue weighted by Crippen LogP contribution is 2.30. The first-order valence-electron chi connectivity index (χ1n) is 6.22. The molecule has 0 radical (unpaired) electrons. The van der Waals surface area contributed by atoms with Gasteiger partial charge in [0.2, 0.25) is 0 Å². The van der Waals surface area contributed by atoms with Crippen molar-refractivity contribution in [1.82, 2.24) is 0 Å². The van der Waals surface area contributed by atoms with Crippen LogP contribution >= 0.6 is 15.9 Å². The van der Waals surface area contributed by atoms with Gasteiger partial charge in [-0.2, -0.15) is 0 Å². The Morgan fingerprint density at radius 3 is 2.50 bits per heavy atom. The fraction of sp³-hybridized carbons (Fsp3) is 0.571. The molecule has 1 saturated carbocycles. The van der Waals surface area contributed by atoms with E-state index in [4.69, 9.17) is 5.73 Å². The van der Waals surface area contributed by atoms with Crippen LogP contribution in [0.4, 0.5) is 0 Å². The van der Waals surface area contributed by atoms with Crippen molar-refractivity contribution >= 4 is 15.9 Å². The average molecular weight is 282 g/mol. The summed E-state index contributed by atoms with van der Waals surface area (Å²) in [5.41, 5.74) is 7.93. The van der Waals surface area contributed by atoms with Gasteiger partial charge in [0.15, 0.2) is 0 Å². The van der Waals surface area contributed by atoms with Crippen LogP contribution in [0.2, 0.25) is 0 Å². The molecule has 16 heavy (non-hydrogen) atoms. The van der Waals surface area contributed by atoms with Gasteiger partial charge in [-0.15, -0.1) is 0 Å². The van der Waals surface area contributed by atoms with E-state index in [9.17, 15) is 0 Å². The quantitative estimate of drug-likeness (QED) is 0.889. The number of nitrogens with two attached hydrogens (primary N) is 1. The first-order chi connectivity index (χ1) is 7.70. The van der Waals surface area contributed by atoms with Crippen molar-refractivity contribution in [3.8, 4) is 0 Å². The minimum atomic E-state index is 0.105. The van der Waals surface area contributed by atoms with E-state index in [-0.39, 0.29) is 5.54 Å². The van der Waals surface area contributed by atoms with Gasteiger partial charge in [0.05, 0.1) is 0 Å². The summed E-state index contributed by atoms with van der Waals surface area (Å²) in [4.78, 5) is 0. The number of hydrogen-bond donors (Lipinski definition) is 1. The zero-order valence-corrected chi connectivity index (χ0v) is 11.3. The average Bonchev–Trinajstić information content (AvgIpc) is 2.29. The van der Waals surface area contributed by atoms with Gasteiger partial charge in [-0.05, 0) is 37.3 Å². The zero-order chi connectivity index (χ0) is 11.4. The highest BCUT2D eigenvalue weighted by atomic mass is 79.9. The van der Waals surface area contributed by atoms with Gasteiger partial charge >= 0.3 is 0 Å². The molecule has 0 heterocycles. The van der Waals surface area contributed by atoms with E-state index in [1.807, 2.05) is 0 Å². The highest BCUT2D eigenvalue weighted by molar-refractivity contribution is 9.10.